The molecule has 1 N–H and O–H groups in total. The van der Waals surface area contributed by atoms with Crippen LogP contribution in [0.25, 0.3) is 0 Å². The molecule has 138 valence electrons. The van der Waals surface area contributed by atoms with Gasteiger partial charge in [0, 0.05) is 44.2 Å². The Morgan fingerprint density at radius 2 is 1.88 bits per heavy atom. The lowest BCUT2D eigenvalue weighted by atomic mass is 10.1. The molecule has 1 saturated heterocycles. The fraction of sp³-hybridized carbons (Fsp3) is 0.556. The number of nitrogens with one attached hydrogen (secondary N) is 1. The maximum absolute atomic E-state index is 12.2. The fourth-order valence-corrected chi connectivity index (χ4v) is 2.97. The number of carbonyl (C=O) groups excluding carboxylic acids is 2. The van der Waals surface area contributed by atoms with E-state index in [9.17, 15) is 9.59 Å². The summed E-state index contributed by atoms with van der Waals surface area (Å²) >= 11 is 5.96. The summed E-state index contributed by atoms with van der Waals surface area (Å²) in [6.07, 6.45) is 1.05. The van der Waals surface area contributed by atoms with Crippen molar-refractivity contribution in [1.29, 1.82) is 0 Å². The van der Waals surface area contributed by atoms with Gasteiger partial charge in [0.15, 0.2) is 0 Å². The Labute approximate surface area is 154 Å². The SMILES string of the molecule is CCOC(=O)N1CCN(C(=O)CCNCCc2cccc(Cl)c2)CC1. The Hall–Kier alpha value is -1.79. The van der Waals surface area contributed by atoms with E-state index in [-0.39, 0.29) is 12.0 Å². The van der Waals surface area contributed by atoms with Gasteiger partial charge in [-0.25, -0.2) is 4.79 Å². The van der Waals surface area contributed by atoms with Crippen LogP contribution >= 0.6 is 11.6 Å². The second kappa shape index (κ2) is 10.3. The van der Waals surface area contributed by atoms with Gasteiger partial charge in [0.1, 0.15) is 0 Å². The molecule has 0 aliphatic carbocycles. The number of hydrogen-bond acceptors (Lipinski definition) is 4. The topological polar surface area (TPSA) is 61.9 Å². The molecule has 2 amide bonds. The van der Waals surface area contributed by atoms with Crippen LogP contribution in [-0.2, 0) is 16.0 Å². The monoisotopic (exact) mass is 367 g/mol. The van der Waals surface area contributed by atoms with Crippen LogP contribution in [0.5, 0.6) is 0 Å². The first kappa shape index (κ1) is 19.5. The van der Waals surface area contributed by atoms with Crippen LogP contribution in [0.4, 0.5) is 4.79 Å². The molecule has 1 aromatic rings. The smallest absolute Gasteiger partial charge is 0.409 e. The largest absolute Gasteiger partial charge is 0.450 e. The van der Waals surface area contributed by atoms with Gasteiger partial charge in [-0.05, 0) is 37.6 Å². The zero-order valence-corrected chi connectivity index (χ0v) is 15.4. The van der Waals surface area contributed by atoms with E-state index in [1.807, 2.05) is 29.2 Å². The second-order valence-corrected chi connectivity index (χ2v) is 6.38. The minimum atomic E-state index is -0.294. The number of nitrogens with zero attached hydrogens (tertiary/aromatic N) is 2. The molecule has 0 spiro atoms. The van der Waals surface area contributed by atoms with Gasteiger partial charge in [-0.15, -0.1) is 0 Å². The predicted molar refractivity (Wildman–Crippen MR) is 97.8 cm³/mol. The number of amides is 2. The van der Waals surface area contributed by atoms with Crippen molar-refractivity contribution < 1.29 is 14.3 Å². The quantitative estimate of drug-likeness (QED) is 0.750. The summed E-state index contributed by atoms with van der Waals surface area (Å²) in [5.41, 5.74) is 1.18. The summed E-state index contributed by atoms with van der Waals surface area (Å²) in [4.78, 5) is 27.3. The van der Waals surface area contributed by atoms with Crippen LogP contribution in [0.3, 0.4) is 0 Å². The van der Waals surface area contributed by atoms with Crippen molar-refractivity contribution >= 4 is 23.6 Å². The summed E-state index contributed by atoms with van der Waals surface area (Å²) < 4.78 is 4.98. The molecular weight excluding hydrogens is 342 g/mol. The Bertz CT molecular complexity index is 574. The number of ether oxygens (including phenoxy) is 1. The predicted octanol–water partition coefficient (Wildman–Crippen LogP) is 2.16. The standard InChI is InChI=1S/C18H26ClN3O3/c1-2-25-18(24)22-12-10-21(11-13-22)17(23)7-9-20-8-6-15-4-3-5-16(19)14-15/h3-5,14,20H,2,6-13H2,1H3. The lowest BCUT2D eigenvalue weighted by Gasteiger charge is -2.34. The molecule has 25 heavy (non-hydrogen) atoms. The summed E-state index contributed by atoms with van der Waals surface area (Å²) in [7, 11) is 0. The van der Waals surface area contributed by atoms with Gasteiger partial charge in [0.05, 0.1) is 6.61 Å². The van der Waals surface area contributed by atoms with Gasteiger partial charge in [0.25, 0.3) is 0 Å². The minimum absolute atomic E-state index is 0.124. The molecule has 7 heteroatoms. The molecular formula is C18H26ClN3O3. The van der Waals surface area contributed by atoms with Gasteiger partial charge in [-0.2, -0.15) is 0 Å². The second-order valence-electron chi connectivity index (χ2n) is 5.95. The van der Waals surface area contributed by atoms with Crippen molar-refractivity contribution in [2.24, 2.45) is 0 Å². The molecule has 0 aromatic heterocycles. The van der Waals surface area contributed by atoms with Gasteiger partial charge in [-0.1, -0.05) is 23.7 Å². The third-order valence-electron chi connectivity index (χ3n) is 4.15. The number of carbonyl (C=O) groups is 2. The minimum Gasteiger partial charge on any atom is -0.450 e. The first-order valence-electron chi connectivity index (χ1n) is 8.74. The van der Waals surface area contributed by atoms with Crippen LogP contribution in [0.2, 0.25) is 5.02 Å². The van der Waals surface area contributed by atoms with Crippen molar-refractivity contribution in [3.63, 3.8) is 0 Å². The van der Waals surface area contributed by atoms with Crippen molar-refractivity contribution in [3.05, 3.63) is 34.9 Å². The zero-order chi connectivity index (χ0) is 18.1. The molecule has 0 bridgehead atoms. The Balaban J connectivity index is 1.59. The first-order valence-corrected chi connectivity index (χ1v) is 9.12. The molecule has 0 unspecified atom stereocenters. The van der Waals surface area contributed by atoms with E-state index in [1.165, 1.54) is 5.56 Å². The third kappa shape index (κ3) is 6.55. The lowest BCUT2D eigenvalue weighted by Crippen LogP contribution is -2.51. The van der Waals surface area contributed by atoms with E-state index in [0.717, 1.165) is 18.0 Å². The molecule has 6 nitrogen and oxygen atoms in total. The molecule has 0 atom stereocenters. The normalized spacial score (nSPS) is 14.5. The fourth-order valence-electron chi connectivity index (χ4n) is 2.76. The van der Waals surface area contributed by atoms with Gasteiger partial charge in [0.2, 0.25) is 5.91 Å². The maximum Gasteiger partial charge on any atom is 0.409 e. The molecule has 1 aromatic carbocycles. The number of rotatable bonds is 7. The Morgan fingerprint density at radius 3 is 2.56 bits per heavy atom. The number of halogens is 1. The van der Waals surface area contributed by atoms with E-state index in [1.54, 1.807) is 11.8 Å². The number of hydrogen-bond donors (Lipinski definition) is 1. The summed E-state index contributed by atoms with van der Waals surface area (Å²) in [6.45, 7) is 5.83. The summed E-state index contributed by atoms with van der Waals surface area (Å²) in [6, 6.07) is 7.80. The van der Waals surface area contributed by atoms with E-state index in [0.29, 0.717) is 45.8 Å². The van der Waals surface area contributed by atoms with Crippen LogP contribution in [-0.4, -0.2) is 67.7 Å². The number of piperazine rings is 1. The van der Waals surface area contributed by atoms with E-state index < -0.39 is 0 Å². The highest BCUT2D eigenvalue weighted by atomic mass is 35.5. The van der Waals surface area contributed by atoms with Crippen molar-refractivity contribution in [1.82, 2.24) is 15.1 Å². The van der Waals surface area contributed by atoms with Gasteiger partial charge in [-0.3, -0.25) is 4.79 Å². The Morgan fingerprint density at radius 1 is 1.16 bits per heavy atom. The maximum atomic E-state index is 12.2. The van der Waals surface area contributed by atoms with E-state index in [4.69, 9.17) is 16.3 Å². The van der Waals surface area contributed by atoms with Crippen molar-refractivity contribution in [2.75, 3.05) is 45.9 Å². The van der Waals surface area contributed by atoms with Crippen molar-refractivity contribution in [3.8, 4) is 0 Å². The average molecular weight is 368 g/mol. The van der Waals surface area contributed by atoms with Crippen LogP contribution in [0.1, 0.15) is 18.9 Å². The molecule has 2 rings (SSSR count). The average Bonchev–Trinajstić information content (AvgIpc) is 2.61. The van der Waals surface area contributed by atoms with Crippen molar-refractivity contribution in [2.45, 2.75) is 19.8 Å². The van der Waals surface area contributed by atoms with Crippen LogP contribution in [0.15, 0.2) is 24.3 Å². The molecule has 1 heterocycles. The van der Waals surface area contributed by atoms with Crippen LogP contribution < -0.4 is 5.32 Å². The van der Waals surface area contributed by atoms with Gasteiger partial charge < -0.3 is 19.9 Å². The molecule has 0 radical (unpaired) electrons. The summed E-state index contributed by atoms with van der Waals surface area (Å²) in [5, 5.41) is 4.04. The molecule has 1 fully saturated rings. The molecule has 1 aliphatic heterocycles. The molecule has 1 aliphatic rings. The highest BCUT2D eigenvalue weighted by Crippen LogP contribution is 2.10. The van der Waals surface area contributed by atoms with E-state index >= 15 is 0 Å². The first-order chi connectivity index (χ1) is 12.1. The zero-order valence-electron chi connectivity index (χ0n) is 14.7. The highest BCUT2D eigenvalue weighted by molar-refractivity contribution is 6.30. The molecule has 0 saturated carbocycles. The van der Waals surface area contributed by atoms with Gasteiger partial charge >= 0.3 is 6.09 Å². The highest BCUT2D eigenvalue weighted by Gasteiger charge is 2.24. The van der Waals surface area contributed by atoms with E-state index in [2.05, 4.69) is 5.32 Å². The third-order valence-corrected chi connectivity index (χ3v) is 4.39. The van der Waals surface area contributed by atoms with Crippen LogP contribution in [0, 0.1) is 0 Å². The lowest BCUT2D eigenvalue weighted by molar-refractivity contribution is -0.132. The number of benzene rings is 1. The Kier molecular flexibility index (Phi) is 8.01. The summed E-state index contributed by atoms with van der Waals surface area (Å²) in [5.74, 6) is 0.124.